The molecule has 1 nitrogen and oxygen atoms in total. The van der Waals surface area contributed by atoms with Crippen molar-refractivity contribution in [1.29, 1.82) is 0 Å². The van der Waals surface area contributed by atoms with Gasteiger partial charge in [0.25, 0.3) is 0 Å². The van der Waals surface area contributed by atoms with Crippen LogP contribution >= 0.6 is 0 Å². The molecule has 2 unspecified atom stereocenters. The zero-order valence-corrected chi connectivity index (χ0v) is 11.4. The zero-order chi connectivity index (χ0) is 13.2. The van der Waals surface area contributed by atoms with E-state index in [1.807, 2.05) is 6.92 Å². The molecule has 1 N–H and O–H groups in total. The van der Waals surface area contributed by atoms with Gasteiger partial charge in [-0.05, 0) is 47.9 Å². The van der Waals surface area contributed by atoms with Gasteiger partial charge in [0.1, 0.15) is 5.82 Å². The molecule has 1 aromatic carbocycles. The van der Waals surface area contributed by atoms with E-state index < -0.39 is 6.10 Å². The van der Waals surface area contributed by atoms with Gasteiger partial charge in [-0.25, -0.2) is 4.39 Å². The Kier molecular flexibility index (Phi) is 4.31. The second-order valence-electron chi connectivity index (χ2n) is 6.02. The minimum absolute atomic E-state index is 0.155. The Hall–Kier alpha value is -0.890. The van der Waals surface area contributed by atoms with Crippen molar-refractivity contribution < 1.29 is 9.50 Å². The third kappa shape index (κ3) is 3.81. The highest BCUT2D eigenvalue weighted by Crippen LogP contribution is 2.34. The second kappa shape index (κ2) is 5.18. The van der Waals surface area contributed by atoms with Gasteiger partial charge in [0.15, 0.2) is 0 Å². The van der Waals surface area contributed by atoms with Crippen molar-refractivity contribution in [2.75, 3.05) is 0 Å². The fourth-order valence-electron chi connectivity index (χ4n) is 1.79. The molecule has 0 aliphatic rings. The number of aliphatic hydroxyl groups is 1. The first-order valence-corrected chi connectivity index (χ1v) is 6.16. The molecule has 17 heavy (non-hydrogen) atoms. The summed E-state index contributed by atoms with van der Waals surface area (Å²) < 4.78 is 13.2. The molecule has 0 aliphatic heterocycles. The summed E-state index contributed by atoms with van der Waals surface area (Å²) in [5.41, 5.74) is 1.81. The van der Waals surface area contributed by atoms with Crippen molar-refractivity contribution in [3.8, 4) is 0 Å². The summed E-state index contributed by atoms with van der Waals surface area (Å²) >= 11 is 0. The summed E-state index contributed by atoms with van der Waals surface area (Å²) in [6.45, 7) is 10.5. The first-order chi connectivity index (χ1) is 7.71. The molecule has 0 aromatic heterocycles. The molecule has 0 heterocycles. The summed E-state index contributed by atoms with van der Waals surface area (Å²) in [7, 11) is 0. The minimum Gasteiger partial charge on any atom is -0.388 e. The number of aliphatic hydroxyl groups excluding tert-OH is 1. The predicted molar refractivity (Wildman–Crippen MR) is 69.3 cm³/mol. The van der Waals surface area contributed by atoms with Crippen LogP contribution in [0.5, 0.6) is 0 Å². The van der Waals surface area contributed by atoms with Crippen LogP contribution in [0.4, 0.5) is 4.39 Å². The molecule has 0 bridgehead atoms. The van der Waals surface area contributed by atoms with Gasteiger partial charge in [-0.1, -0.05) is 33.8 Å². The molecule has 0 amide bonds. The molecule has 1 aromatic rings. The van der Waals surface area contributed by atoms with Crippen molar-refractivity contribution in [2.24, 2.45) is 11.3 Å². The van der Waals surface area contributed by atoms with E-state index in [4.69, 9.17) is 0 Å². The highest BCUT2D eigenvalue weighted by molar-refractivity contribution is 5.28. The highest BCUT2D eigenvalue weighted by Gasteiger charge is 2.24. The Balaban J connectivity index is 2.83. The van der Waals surface area contributed by atoms with E-state index in [0.717, 1.165) is 5.56 Å². The van der Waals surface area contributed by atoms with Crippen LogP contribution in [-0.2, 0) is 0 Å². The summed E-state index contributed by atoms with van der Waals surface area (Å²) in [5.74, 6) is 0.0910. The van der Waals surface area contributed by atoms with E-state index >= 15 is 0 Å². The third-order valence-corrected chi connectivity index (χ3v) is 3.66. The summed E-state index contributed by atoms with van der Waals surface area (Å²) in [6, 6.07) is 4.59. The fraction of sp³-hybridized carbons (Fsp3) is 0.600. The van der Waals surface area contributed by atoms with Crippen molar-refractivity contribution in [3.05, 3.63) is 35.1 Å². The van der Waals surface area contributed by atoms with Crippen molar-refractivity contribution in [3.63, 3.8) is 0 Å². The maximum absolute atomic E-state index is 13.2. The Morgan fingerprint density at radius 2 is 1.88 bits per heavy atom. The second-order valence-corrected chi connectivity index (χ2v) is 6.02. The van der Waals surface area contributed by atoms with E-state index in [-0.39, 0.29) is 11.2 Å². The van der Waals surface area contributed by atoms with Crippen LogP contribution in [0, 0.1) is 24.1 Å². The van der Waals surface area contributed by atoms with E-state index in [9.17, 15) is 9.50 Å². The Bertz CT molecular complexity index is 379. The standard InChI is InChI=1S/C15H23FO/c1-10-6-7-12(16)9-13(10)14(17)8-11(2)15(3,4)5/h6-7,9,11,14,17H,8H2,1-5H3. The number of aryl methyl sites for hydroxylation is 1. The smallest absolute Gasteiger partial charge is 0.123 e. The molecule has 96 valence electrons. The monoisotopic (exact) mass is 238 g/mol. The molecule has 0 radical (unpaired) electrons. The van der Waals surface area contributed by atoms with Crippen LogP contribution < -0.4 is 0 Å². The topological polar surface area (TPSA) is 20.2 Å². The van der Waals surface area contributed by atoms with Gasteiger partial charge in [0.2, 0.25) is 0 Å². The van der Waals surface area contributed by atoms with Gasteiger partial charge >= 0.3 is 0 Å². The van der Waals surface area contributed by atoms with Crippen molar-refractivity contribution in [1.82, 2.24) is 0 Å². The van der Waals surface area contributed by atoms with E-state index in [1.165, 1.54) is 12.1 Å². The van der Waals surface area contributed by atoms with Gasteiger partial charge in [0, 0.05) is 0 Å². The molecule has 2 atom stereocenters. The molecular formula is C15H23FO. The molecule has 0 saturated heterocycles. The summed E-state index contributed by atoms with van der Waals surface area (Å²) in [5, 5.41) is 10.2. The maximum Gasteiger partial charge on any atom is 0.123 e. The van der Waals surface area contributed by atoms with Crippen molar-refractivity contribution in [2.45, 2.75) is 47.1 Å². The van der Waals surface area contributed by atoms with Crippen LogP contribution in [0.15, 0.2) is 18.2 Å². The maximum atomic E-state index is 13.2. The van der Waals surface area contributed by atoms with Gasteiger partial charge < -0.3 is 5.11 Å². The molecule has 2 heteroatoms. The van der Waals surface area contributed by atoms with Crippen LogP contribution in [0.1, 0.15) is 51.3 Å². The molecule has 0 saturated carbocycles. The van der Waals surface area contributed by atoms with Crippen LogP contribution in [0.3, 0.4) is 0 Å². The first kappa shape index (κ1) is 14.2. The number of hydrogen-bond donors (Lipinski definition) is 1. The molecular weight excluding hydrogens is 215 g/mol. The van der Waals surface area contributed by atoms with Gasteiger partial charge in [-0.2, -0.15) is 0 Å². The third-order valence-electron chi connectivity index (χ3n) is 3.66. The van der Waals surface area contributed by atoms with Crippen LogP contribution in [0.2, 0.25) is 0 Å². The lowest BCUT2D eigenvalue weighted by atomic mass is 9.78. The lowest BCUT2D eigenvalue weighted by Gasteiger charge is -2.29. The molecule has 1 rings (SSSR count). The summed E-state index contributed by atoms with van der Waals surface area (Å²) in [6.07, 6.45) is 0.0771. The number of benzene rings is 1. The highest BCUT2D eigenvalue weighted by atomic mass is 19.1. The summed E-state index contributed by atoms with van der Waals surface area (Å²) in [4.78, 5) is 0. The largest absolute Gasteiger partial charge is 0.388 e. The average molecular weight is 238 g/mol. The van der Waals surface area contributed by atoms with E-state index in [2.05, 4.69) is 27.7 Å². The van der Waals surface area contributed by atoms with Crippen LogP contribution in [0.25, 0.3) is 0 Å². The lowest BCUT2D eigenvalue weighted by Crippen LogP contribution is -2.20. The molecule has 0 fully saturated rings. The van der Waals surface area contributed by atoms with E-state index in [1.54, 1.807) is 6.07 Å². The average Bonchev–Trinajstić information content (AvgIpc) is 2.20. The lowest BCUT2D eigenvalue weighted by molar-refractivity contribution is 0.110. The van der Waals surface area contributed by atoms with Gasteiger partial charge in [-0.15, -0.1) is 0 Å². The first-order valence-electron chi connectivity index (χ1n) is 6.16. The Labute approximate surface area is 104 Å². The SMILES string of the molecule is Cc1ccc(F)cc1C(O)CC(C)C(C)(C)C. The van der Waals surface area contributed by atoms with Gasteiger partial charge in [-0.3, -0.25) is 0 Å². The predicted octanol–water partition coefficient (Wildman–Crippen LogP) is 4.24. The molecule has 0 spiro atoms. The van der Waals surface area contributed by atoms with E-state index in [0.29, 0.717) is 17.9 Å². The Morgan fingerprint density at radius 3 is 2.41 bits per heavy atom. The number of hydrogen-bond acceptors (Lipinski definition) is 1. The molecule has 0 aliphatic carbocycles. The normalized spacial score (nSPS) is 15.7. The van der Waals surface area contributed by atoms with Crippen LogP contribution in [-0.4, -0.2) is 5.11 Å². The minimum atomic E-state index is -0.583. The fourth-order valence-corrected chi connectivity index (χ4v) is 1.79. The Morgan fingerprint density at radius 1 is 1.29 bits per heavy atom. The number of rotatable bonds is 3. The zero-order valence-electron chi connectivity index (χ0n) is 11.4. The van der Waals surface area contributed by atoms with Gasteiger partial charge in [0.05, 0.1) is 6.10 Å². The quantitative estimate of drug-likeness (QED) is 0.835. The van der Waals surface area contributed by atoms with Crippen molar-refractivity contribution >= 4 is 0 Å². The number of halogens is 1.